The molecule has 0 fully saturated rings. The number of hydrogen-bond acceptors (Lipinski definition) is 2. The lowest BCUT2D eigenvalue weighted by Gasteiger charge is -2.21. The van der Waals surface area contributed by atoms with Crippen LogP contribution >= 0.6 is 0 Å². The average molecular weight is 207 g/mol. The van der Waals surface area contributed by atoms with Crippen LogP contribution in [0.1, 0.15) is 27.2 Å². The summed E-state index contributed by atoms with van der Waals surface area (Å²) in [4.78, 5) is 0. The number of nitrogens with one attached hydrogen (secondary N) is 1. The van der Waals surface area contributed by atoms with E-state index in [9.17, 15) is 0 Å². The van der Waals surface area contributed by atoms with Gasteiger partial charge >= 0.3 is 0 Å². The van der Waals surface area contributed by atoms with Gasteiger partial charge in [0.1, 0.15) is 5.75 Å². The Morgan fingerprint density at radius 2 is 2.07 bits per heavy atom. The summed E-state index contributed by atoms with van der Waals surface area (Å²) < 4.78 is 5.18. The molecule has 15 heavy (non-hydrogen) atoms. The minimum absolute atomic E-state index is 0.488. The SMILES string of the molecule is CCC(C)C(C)Nc1cccc(OC)c1. The third-order valence-electron chi connectivity index (χ3n) is 2.96. The van der Waals surface area contributed by atoms with E-state index in [4.69, 9.17) is 4.74 Å². The fourth-order valence-electron chi connectivity index (χ4n) is 1.47. The smallest absolute Gasteiger partial charge is 0.120 e. The molecule has 1 aromatic rings. The normalized spacial score (nSPS) is 14.4. The van der Waals surface area contributed by atoms with Crippen molar-refractivity contribution >= 4 is 5.69 Å². The summed E-state index contributed by atoms with van der Waals surface area (Å²) >= 11 is 0. The summed E-state index contributed by atoms with van der Waals surface area (Å²) in [7, 11) is 1.69. The first-order valence-electron chi connectivity index (χ1n) is 5.58. The maximum Gasteiger partial charge on any atom is 0.120 e. The molecule has 0 aromatic heterocycles. The lowest BCUT2D eigenvalue weighted by atomic mass is 10.0. The van der Waals surface area contributed by atoms with E-state index in [1.54, 1.807) is 7.11 Å². The standard InChI is InChI=1S/C13H21NO/c1-5-10(2)11(3)14-12-7-6-8-13(9-12)15-4/h6-11,14H,5H2,1-4H3. The molecule has 0 saturated heterocycles. The third-order valence-corrected chi connectivity index (χ3v) is 2.96. The van der Waals surface area contributed by atoms with Crippen molar-refractivity contribution in [1.82, 2.24) is 0 Å². The molecule has 1 aromatic carbocycles. The molecule has 2 atom stereocenters. The van der Waals surface area contributed by atoms with E-state index in [1.807, 2.05) is 18.2 Å². The molecule has 0 bridgehead atoms. The van der Waals surface area contributed by atoms with E-state index >= 15 is 0 Å². The molecule has 0 radical (unpaired) electrons. The number of rotatable bonds is 5. The summed E-state index contributed by atoms with van der Waals surface area (Å²) in [5, 5.41) is 3.49. The Labute approximate surface area is 92.6 Å². The van der Waals surface area contributed by atoms with E-state index in [1.165, 1.54) is 6.42 Å². The highest BCUT2D eigenvalue weighted by Gasteiger charge is 2.09. The highest BCUT2D eigenvalue weighted by molar-refractivity contribution is 5.48. The highest BCUT2D eigenvalue weighted by atomic mass is 16.5. The lowest BCUT2D eigenvalue weighted by Crippen LogP contribution is -2.23. The van der Waals surface area contributed by atoms with Crippen LogP contribution in [-0.4, -0.2) is 13.2 Å². The van der Waals surface area contributed by atoms with Crippen LogP contribution < -0.4 is 10.1 Å². The van der Waals surface area contributed by atoms with Gasteiger partial charge in [0.05, 0.1) is 7.11 Å². The van der Waals surface area contributed by atoms with Gasteiger partial charge in [-0.15, -0.1) is 0 Å². The van der Waals surface area contributed by atoms with Gasteiger partial charge in [-0.1, -0.05) is 26.3 Å². The first kappa shape index (κ1) is 11.9. The molecule has 84 valence electrons. The van der Waals surface area contributed by atoms with Crippen molar-refractivity contribution in [2.24, 2.45) is 5.92 Å². The fraction of sp³-hybridized carbons (Fsp3) is 0.538. The molecular weight excluding hydrogens is 186 g/mol. The molecule has 1 N–H and O–H groups in total. The Morgan fingerprint density at radius 3 is 2.67 bits per heavy atom. The van der Waals surface area contributed by atoms with Crippen molar-refractivity contribution in [3.63, 3.8) is 0 Å². The molecule has 1 rings (SSSR count). The van der Waals surface area contributed by atoms with Crippen molar-refractivity contribution in [1.29, 1.82) is 0 Å². The van der Waals surface area contributed by atoms with Crippen LogP contribution in [0, 0.1) is 5.92 Å². The molecule has 0 aliphatic heterocycles. The molecular formula is C13H21NO. The minimum Gasteiger partial charge on any atom is -0.497 e. The first-order valence-corrected chi connectivity index (χ1v) is 5.58. The van der Waals surface area contributed by atoms with Crippen molar-refractivity contribution < 1.29 is 4.74 Å². The molecule has 0 aliphatic carbocycles. The Hall–Kier alpha value is -1.18. The zero-order valence-electron chi connectivity index (χ0n) is 10.1. The zero-order chi connectivity index (χ0) is 11.3. The van der Waals surface area contributed by atoms with Crippen LogP contribution in [0.4, 0.5) is 5.69 Å². The van der Waals surface area contributed by atoms with Crippen molar-refractivity contribution in [2.75, 3.05) is 12.4 Å². The van der Waals surface area contributed by atoms with Gasteiger partial charge in [0.25, 0.3) is 0 Å². The maximum atomic E-state index is 5.18. The van der Waals surface area contributed by atoms with E-state index < -0.39 is 0 Å². The largest absolute Gasteiger partial charge is 0.497 e. The van der Waals surface area contributed by atoms with Crippen molar-refractivity contribution in [3.8, 4) is 5.75 Å². The summed E-state index contributed by atoms with van der Waals surface area (Å²) in [5.41, 5.74) is 1.13. The Bertz CT molecular complexity index is 298. The van der Waals surface area contributed by atoms with Crippen LogP contribution in [0.2, 0.25) is 0 Å². The predicted molar refractivity (Wildman–Crippen MR) is 65.5 cm³/mol. The zero-order valence-corrected chi connectivity index (χ0v) is 10.1. The van der Waals surface area contributed by atoms with E-state index in [0.717, 1.165) is 11.4 Å². The molecule has 0 amide bonds. The maximum absolute atomic E-state index is 5.18. The van der Waals surface area contributed by atoms with E-state index in [2.05, 4.69) is 32.2 Å². The minimum atomic E-state index is 0.488. The monoisotopic (exact) mass is 207 g/mol. The van der Waals surface area contributed by atoms with Crippen LogP contribution in [0.15, 0.2) is 24.3 Å². The van der Waals surface area contributed by atoms with Crippen LogP contribution in [0.5, 0.6) is 5.75 Å². The fourth-order valence-corrected chi connectivity index (χ4v) is 1.47. The second-order valence-electron chi connectivity index (χ2n) is 4.05. The summed E-state index contributed by atoms with van der Waals surface area (Å²) in [5.74, 6) is 1.58. The number of anilines is 1. The molecule has 0 saturated carbocycles. The highest BCUT2D eigenvalue weighted by Crippen LogP contribution is 2.19. The second-order valence-corrected chi connectivity index (χ2v) is 4.05. The van der Waals surface area contributed by atoms with Gasteiger partial charge < -0.3 is 10.1 Å². The molecule has 0 spiro atoms. The van der Waals surface area contributed by atoms with Gasteiger partial charge in [-0.3, -0.25) is 0 Å². The van der Waals surface area contributed by atoms with Gasteiger partial charge in [0, 0.05) is 17.8 Å². The molecule has 2 unspecified atom stereocenters. The topological polar surface area (TPSA) is 21.3 Å². The molecule has 2 nitrogen and oxygen atoms in total. The van der Waals surface area contributed by atoms with Crippen LogP contribution in [-0.2, 0) is 0 Å². The summed E-state index contributed by atoms with van der Waals surface area (Å²) in [6, 6.07) is 8.55. The van der Waals surface area contributed by atoms with E-state index in [-0.39, 0.29) is 0 Å². The predicted octanol–water partition coefficient (Wildman–Crippen LogP) is 3.54. The lowest BCUT2D eigenvalue weighted by molar-refractivity contribution is 0.415. The van der Waals surface area contributed by atoms with E-state index in [0.29, 0.717) is 12.0 Å². The Morgan fingerprint density at radius 1 is 1.33 bits per heavy atom. The second kappa shape index (κ2) is 5.64. The van der Waals surface area contributed by atoms with Crippen molar-refractivity contribution in [3.05, 3.63) is 24.3 Å². The number of methoxy groups -OCH3 is 1. The molecule has 2 heteroatoms. The quantitative estimate of drug-likeness (QED) is 0.797. The summed E-state index contributed by atoms with van der Waals surface area (Å²) in [6.45, 7) is 6.69. The Balaban J connectivity index is 2.63. The Kier molecular flexibility index (Phi) is 4.47. The number of benzene rings is 1. The van der Waals surface area contributed by atoms with Crippen LogP contribution in [0.3, 0.4) is 0 Å². The van der Waals surface area contributed by atoms with Crippen LogP contribution in [0.25, 0.3) is 0 Å². The summed E-state index contributed by atoms with van der Waals surface area (Å²) in [6.07, 6.45) is 1.19. The molecule has 0 heterocycles. The van der Waals surface area contributed by atoms with Crippen molar-refractivity contribution in [2.45, 2.75) is 33.2 Å². The average Bonchev–Trinajstić information content (AvgIpc) is 2.28. The van der Waals surface area contributed by atoms with Gasteiger partial charge in [-0.2, -0.15) is 0 Å². The van der Waals surface area contributed by atoms with Gasteiger partial charge in [-0.25, -0.2) is 0 Å². The van der Waals surface area contributed by atoms with Gasteiger partial charge in [-0.05, 0) is 25.0 Å². The van der Waals surface area contributed by atoms with Gasteiger partial charge in [0.15, 0.2) is 0 Å². The number of hydrogen-bond donors (Lipinski definition) is 1. The molecule has 0 aliphatic rings. The number of ether oxygens (including phenoxy) is 1. The van der Waals surface area contributed by atoms with Gasteiger partial charge in [0.2, 0.25) is 0 Å². The third kappa shape index (κ3) is 3.46. The first-order chi connectivity index (χ1) is 7.17.